The predicted octanol–water partition coefficient (Wildman–Crippen LogP) is 2.50. The summed E-state index contributed by atoms with van der Waals surface area (Å²) < 4.78 is 6.11. The monoisotopic (exact) mass is 264 g/mol. The summed E-state index contributed by atoms with van der Waals surface area (Å²) in [6.45, 7) is 1.86. The zero-order chi connectivity index (χ0) is 9.84. The number of thiophene rings is 1. The van der Waals surface area contributed by atoms with Crippen molar-refractivity contribution in [2.75, 3.05) is 0 Å². The van der Waals surface area contributed by atoms with E-state index in [9.17, 15) is 4.79 Å². The van der Waals surface area contributed by atoms with Crippen LogP contribution < -0.4 is 0 Å². The lowest BCUT2D eigenvalue weighted by molar-refractivity contribution is -0.149. The number of carboxylic acids is 1. The van der Waals surface area contributed by atoms with Gasteiger partial charge in [0, 0.05) is 0 Å². The highest BCUT2D eigenvalue weighted by molar-refractivity contribution is 9.11. The number of halogens is 1. The van der Waals surface area contributed by atoms with E-state index in [0.29, 0.717) is 6.61 Å². The minimum absolute atomic E-state index is 0.343. The van der Waals surface area contributed by atoms with Crippen LogP contribution in [0.4, 0.5) is 0 Å². The molecule has 0 radical (unpaired) electrons. The molecule has 0 fully saturated rings. The van der Waals surface area contributed by atoms with E-state index in [-0.39, 0.29) is 0 Å². The molecular formula is C8H9BrO3S. The summed E-state index contributed by atoms with van der Waals surface area (Å²) in [5.41, 5.74) is 0.991. The second-order valence-corrected chi connectivity index (χ2v) is 4.84. The molecule has 1 aromatic heterocycles. The second kappa shape index (κ2) is 4.74. The molecule has 1 rings (SSSR count). The summed E-state index contributed by atoms with van der Waals surface area (Å²) in [4.78, 5) is 10.4. The van der Waals surface area contributed by atoms with Crippen molar-refractivity contribution in [1.82, 2.24) is 0 Å². The molecular weight excluding hydrogens is 256 g/mol. The Labute approximate surface area is 88.5 Å². The van der Waals surface area contributed by atoms with Crippen LogP contribution in [0.1, 0.15) is 12.5 Å². The van der Waals surface area contributed by atoms with Crippen molar-refractivity contribution >= 4 is 33.2 Å². The van der Waals surface area contributed by atoms with Crippen molar-refractivity contribution in [3.05, 3.63) is 20.8 Å². The Morgan fingerprint density at radius 3 is 3.00 bits per heavy atom. The molecule has 1 unspecified atom stereocenters. The second-order valence-electron chi connectivity index (χ2n) is 2.55. The summed E-state index contributed by atoms with van der Waals surface area (Å²) in [5.74, 6) is -0.936. The topological polar surface area (TPSA) is 46.5 Å². The molecule has 1 heterocycles. The highest BCUT2D eigenvalue weighted by Crippen LogP contribution is 2.21. The molecule has 1 N–H and O–H groups in total. The van der Waals surface area contributed by atoms with E-state index in [1.165, 1.54) is 6.92 Å². The molecule has 72 valence electrons. The van der Waals surface area contributed by atoms with Crippen LogP contribution in [-0.4, -0.2) is 17.2 Å². The average Bonchev–Trinajstić information content (AvgIpc) is 2.47. The van der Waals surface area contributed by atoms with Crippen molar-refractivity contribution in [2.24, 2.45) is 0 Å². The molecule has 0 saturated heterocycles. The molecule has 0 bridgehead atoms. The van der Waals surface area contributed by atoms with Gasteiger partial charge in [0.25, 0.3) is 0 Å². The van der Waals surface area contributed by atoms with E-state index in [0.717, 1.165) is 9.35 Å². The Morgan fingerprint density at radius 1 is 1.85 bits per heavy atom. The third-order valence-electron chi connectivity index (χ3n) is 1.47. The first-order chi connectivity index (χ1) is 6.09. The first kappa shape index (κ1) is 10.7. The van der Waals surface area contributed by atoms with E-state index in [1.54, 1.807) is 11.3 Å². The first-order valence-corrected chi connectivity index (χ1v) is 5.34. The zero-order valence-corrected chi connectivity index (χ0v) is 9.39. The quantitative estimate of drug-likeness (QED) is 0.909. The fourth-order valence-corrected chi connectivity index (χ4v) is 1.91. The Bertz CT molecular complexity index is 297. The van der Waals surface area contributed by atoms with Gasteiger partial charge in [0.1, 0.15) is 0 Å². The lowest BCUT2D eigenvalue weighted by atomic mass is 10.3. The van der Waals surface area contributed by atoms with Gasteiger partial charge in [-0.15, -0.1) is 11.3 Å². The lowest BCUT2D eigenvalue weighted by Crippen LogP contribution is -2.19. The Kier molecular flexibility index (Phi) is 3.90. The van der Waals surface area contributed by atoms with Crippen molar-refractivity contribution < 1.29 is 14.6 Å². The Morgan fingerprint density at radius 2 is 2.54 bits per heavy atom. The van der Waals surface area contributed by atoms with E-state index in [2.05, 4.69) is 15.9 Å². The number of carboxylic acid groups (broad SMARTS) is 1. The number of hydrogen-bond donors (Lipinski definition) is 1. The number of hydrogen-bond acceptors (Lipinski definition) is 3. The van der Waals surface area contributed by atoms with E-state index in [4.69, 9.17) is 9.84 Å². The molecule has 0 aliphatic heterocycles. The highest BCUT2D eigenvalue weighted by atomic mass is 79.9. The molecule has 1 atom stereocenters. The van der Waals surface area contributed by atoms with Gasteiger partial charge in [-0.05, 0) is 39.9 Å². The van der Waals surface area contributed by atoms with Crippen LogP contribution in [0.2, 0.25) is 0 Å². The van der Waals surface area contributed by atoms with Gasteiger partial charge in [0.15, 0.2) is 6.10 Å². The van der Waals surface area contributed by atoms with Crippen molar-refractivity contribution in [2.45, 2.75) is 19.6 Å². The standard InChI is InChI=1S/C8H9BrO3S/c1-5(8(10)11)12-3-6-2-7(9)13-4-6/h2,4-5H,3H2,1H3,(H,10,11). The SMILES string of the molecule is CC(OCc1csc(Br)c1)C(=O)O. The summed E-state index contributed by atoms with van der Waals surface area (Å²) in [7, 11) is 0. The Balaban J connectivity index is 2.39. The van der Waals surface area contributed by atoms with Crippen LogP contribution in [0, 0.1) is 0 Å². The first-order valence-electron chi connectivity index (χ1n) is 3.67. The van der Waals surface area contributed by atoms with Crippen molar-refractivity contribution in [3.63, 3.8) is 0 Å². The molecule has 1 aromatic rings. The van der Waals surface area contributed by atoms with Gasteiger partial charge in [-0.25, -0.2) is 4.79 Å². The third-order valence-corrected chi connectivity index (χ3v) is 3.02. The van der Waals surface area contributed by atoms with Crippen molar-refractivity contribution in [1.29, 1.82) is 0 Å². The number of ether oxygens (including phenoxy) is 1. The highest BCUT2D eigenvalue weighted by Gasteiger charge is 2.10. The minimum atomic E-state index is -0.936. The largest absolute Gasteiger partial charge is 0.479 e. The summed E-state index contributed by atoms with van der Waals surface area (Å²) >= 11 is 4.87. The number of carbonyl (C=O) groups is 1. The van der Waals surface area contributed by atoms with Crippen LogP contribution in [0.25, 0.3) is 0 Å². The van der Waals surface area contributed by atoms with E-state index in [1.807, 2.05) is 11.4 Å². The maximum atomic E-state index is 10.4. The molecule has 13 heavy (non-hydrogen) atoms. The average molecular weight is 265 g/mol. The summed E-state index contributed by atoms with van der Waals surface area (Å²) in [6.07, 6.45) is -0.751. The zero-order valence-electron chi connectivity index (χ0n) is 6.99. The molecule has 3 nitrogen and oxygen atoms in total. The van der Waals surface area contributed by atoms with Gasteiger partial charge in [-0.3, -0.25) is 0 Å². The van der Waals surface area contributed by atoms with Gasteiger partial charge in [0.2, 0.25) is 0 Å². The van der Waals surface area contributed by atoms with Crippen LogP contribution in [-0.2, 0) is 16.1 Å². The maximum Gasteiger partial charge on any atom is 0.332 e. The van der Waals surface area contributed by atoms with E-state index < -0.39 is 12.1 Å². The third kappa shape index (κ3) is 3.46. The van der Waals surface area contributed by atoms with Gasteiger partial charge in [-0.1, -0.05) is 0 Å². The fourth-order valence-electron chi connectivity index (χ4n) is 0.714. The molecule has 0 spiro atoms. The normalized spacial score (nSPS) is 12.8. The molecule has 0 aliphatic rings. The summed E-state index contributed by atoms with van der Waals surface area (Å²) in [5, 5.41) is 10.5. The van der Waals surface area contributed by atoms with Gasteiger partial charge >= 0.3 is 5.97 Å². The molecule has 5 heteroatoms. The number of aliphatic carboxylic acids is 1. The maximum absolute atomic E-state index is 10.4. The van der Waals surface area contributed by atoms with Crippen LogP contribution >= 0.6 is 27.3 Å². The molecule has 0 aromatic carbocycles. The van der Waals surface area contributed by atoms with Crippen LogP contribution in [0.3, 0.4) is 0 Å². The van der Waals surface area contributed by atoms with Gasteiger partial charge < -0.3 is 9.84 Å². The minimum Gasteiger partial charge on any atom is -0.479 e. The Hall–Kier alpha value is -0.390. The predicted molar refractivity (Wildman–Crippen MR) is 53.9 cm³/mol. The van der Waals surface area contributed by atoms with Gasteiger partial charge in [0.05, 0.1) is 10.4 Å². The van der Waals surface area contributed by atoms with E-state index >= 15 is 0 Å². The number of rotatable bonds is 4. The molecule has 0 saturated carbocycles. The van der Waals surface area contributed by atoms with Gasteiger partial charge in [-0.2, -0.15) is 0 Å². The smallest absolute Gasteiger partial charge is 0.332 e. The molecule has 0 aliphatic carbocycles. The van der Waals surface area contributed by atoms with Crippen LogP contribution in [0.15, 0.2) is 15.2 Å². The fraction of sp³-hybridized carbons (Fsp3) is 0.375. The van der Waals surface area contributed by atoms with Crippen LogP contribution in [0.5, 0.6) is 0 Å². The lowest BCUT2D eigenvalue weighted by Gasteiger charge is -2.06. The summed E-state index contributed by atoms with van der Waals surface area (Å²) in [6, 6.07) is 1.92. The molecule has 0 amide bonds. The van der Waals surface area contributed by atoms with Crippen molar-refractivity contribution in [3.8, 4) is 0 Å².